The standard InChI is InChI=1S/C10H14BrF3N4O2S/c1-6(7-3-4-7)18(5-10(12,13)14)21(19,20)9-8(11)15-16-17(9)2/h6-7H,3-5H2,1-2H3. The van der Waals surface area contributed by atoms with Gasteiger partial charge in [-0.3, -0.25) is 0 Å². The van der Waals surface area contributed by atoms with Gasteiger partial charge in [0.25, 0.3) is 10.0 Å². The topological polar surface area (TPSA) is 68.1 Å². The largest absolute Gasteiger partial charge is 0.402 e. The number of sulfonamides is 1. The Balaban J connectivity index is 2.44. The number of aryl methyl sites for hydroxylation is 1. The van der Waals surface area contributed by atoms with Crippen molar-refractivity contribution < 1.29 is 21.6 Å². The van der Waals surface area contributed by atoms with Gasteiger partial charge in [0.2, 0.25) is 5.03 Å². The van der Waals surface area contributed by atoms with E-state index in [1.807, 2.05) is 0 Å². The highest BCUT2D eigenvalue weighted by Gasteiger charge is 2.45. The number of hydrogen-bond donors (Lipinski definition) is 0. The van der Waals surface area contributed by atoms with Crippen LogP contribution in [0.1, 0.15) is 19.8 Å². The molecular weight excluding hydrogens is 377 g/mol. The Morgan fingerprint density at radius 3 is 2.43 bits per heavy atom. The van der Waals surface area contributed by atoms with Gasteiger partial charge in [-0.25, -0.2) is 13.1 Å². The van der Waals surface area contributed by atoms with E-state index in [2.05, 4.69) is 26.2 Å². The van der Waals surface area contributed by atoms with Gasteiger partial charge >= 0.3 is 6.18 Å². The molecule has 0 spiro atoms. The normalized spacial score (nSPS) is 18.2. The molecule has 1 aliphatic rings. The van der Waals surface area contributed by atoms with Gasteiger partial charge in [-0.15, -0.1) is 5.10 Å². The summed E-state index contributed by atoms with van der Waals surface area (Å²) in [5.41, 5.74) is 0. The zero-order valence-corrected chi connectivity index (χ0v) is 13.7. The first kappa shape index (κ1) is 16.7. The first-order chi connectivity index (χ1) is 9.54. The Kier molecular flexibility index (Phi) is 4.37. The van der Waals surface area contributed by atoms with Crippen LogP contribution in [0.2, 0.25) is 0 Å². The Hall–Kier alpha value is -0.680. The lowest BCUT2D eigenvalue weighted by atomic mass is 10.2. The molecule has 1 atom stereocenters. The highest BCUT2D eigenvalue weighted by atomic mass is 79.9. The van der Waals surface area contributed by atoms with E-state index in [9.17, 15) is 21.6 Å². The predicted octanol–water partition coefficient (Wildman–Crippen LogP) is 1.93. The lowest BCUT2D eigenvalue weighted by Gasteiger charge is -2.29. The first-order valence-corrected chi connectivity index (χ1v) is 8.41. The van der Waals surface area contributed by atoms with Crippen molar-refractivity contribution in [1.29, 1.82) is 0 Å². The molecule has 1 aromatic heterocycles. The van der Waals surface area contributed by atoms with E-state index < -0.39 is 28.8 Å². The molecule has 0 aromatic carbocycles. The monoisotopic (exact) mass is 390 g/mol. The molecule has 0 radical (unpaired) electrons. The molecule has 1 aliphatic carbocycles. The molecule has 1 unspecified atom stereocenters. The average molecular weight is 391 g/mol. The van der Waals surface area contributed by atoms with E-state index in [0.29, 0.717) is 4.31 Å². The van der Waals surface area contributed by atoms with E-state index in [-0.39, 0.29) is 15.5 Å². The maximum absolute atomic E-state index is 12.8. The number of aromatic nitrogens is 3. The molecule has 0 saturated heterocycles. The fourth-order valence-electron chi connectivity index (χ4n) is 2.15. The van der Waals surface area contributed by atoms with Crippen LogP contribution in [0.25, 0.3) is 0 Å². The molecule has 1 fully saturated rings. The van der Waals surface area contributed by atoms with Crippen molar-refractivity contribution >= 4 is 26.0 Å². The second kappa shape index (κ2) is 5.51. The minimum absolute atomic E-state index is 0.0397. The maximum Gasteiger partial charge on any atom is 0.402 e. The first-order valence-electron chi connectivity index (χ1n) is 6.18. The van der Waals surface area contributed by atoms with E-state index in [1.165, 1.54) is 14.0 Å². The van der Waals surface area contributed by atoms with Crippen LogP contribution in [-0.2, 0) is 17.1 Å². The van der Waals surface area contributed by atoms with Crippen LogP contribution >= 0.6 is 15.9 Å². The van der Waals surface area contributed by atoms with E-state index >= 15 is 0 Å². The molecule has 2 rings (SSSR count). The number of hydrogen-bond acceptors (Lipinski definition) is 4. The molecule has 11 heteroatoms. The molecule has 120 valence electrons. The zero-order chi connectivity index (χ0) is 16.0. The van der Waals surface area contributed by atoms with Crippen molar-refractivity contribution in [3.8, 4) is 0 Å². The molecule has 1 aromatic rings. The van der Waals surface area contributed by atoms with E-state index in [0.717, 1.165) is 17.5 Å². The summed E-state index contributed by atoms with van der Waals surface area (Å²) < 4.78 is 64.8. The van der Waals surface area contributed by atoms with E-state index in [4.69, 9.17) is 0 Å². The van der Waals surface area contributed by atoms with Crippen LogP contribution in [0.3, 0.4) is 0 Å². The Bertz CT molecular complexity index is 607. The molecule has 0 bridgehead atoms. The third-order valence-corrected chi connectivity index (χ3v) is 6.21. The molecule has 6 nitrogen and oxygen atoms in total. The van der Waals surface area contributed by atoms with Gasteiger partial charge in [0.15, 0.2) is 4.60 Å². The molecular formula is C10H14BrF3N4O2S. The van der Waals surface area contributed by atoms with Crippen molar-refractivity contribution in [3.63, 3.8) is 0 Å². The fraction of sp³-hybridized carbons (Fsp3) is 0.800. The quantitative estimate of drug-likeness (QED) is 0.770. The smallest absolute Gasteiger partial charge is 0.235 e. The van der Waals surface area contributed by atoms with Gasteiger partial charge in [-0.1, -0.05) is 5.21 Å². The van der Waals surface area contributed by atoms with Crippen LogP contribution in [0.4, 0.5) is 13.2 Å². The second-order valence-electron chi connectivity index (χ2n) is 5.05. The van der Waals surface area contributed by atoms with Gasteiger partial charge in [-0.05, 0) is 41.6 Å². The van der Waals surface area contributed by atoms with Crippen LogP contribution in [-0.4, -0.2) is 46.5 Å². The van der Waals surface area contributed by atoms with Crippen molar-refractivity contribution in [3.05, 3.63) is 4.60 Å². The van der Waals surface area contributed by atoms with Crippen LogP contribution < -0.4 is 0 Å². The van der Waals surface area contributed by atoms with Crippen molar-refractivity contribution in [1.82, 2.24) is 19.3 Å². The lowest BCUT2D eigenvalue weighted by Crippen LogP contribution is -2.45. The summed E-state index contributed by atoms with van der Waals surface area (Å²) in [6, 6.07) is -0.724. The zero-order valence-electron chi connectivity index (χ0n) is 11.3. The average Bonchev–Trinajstić information content (AvgIpc) is 3.10. The van der Waals surface area contributed by atoms with Gasteiger partial charge in [-0.2, -0.15) is 17.5 Å². The van der Waals surface area contributed by atoms with Gasteiger partial charge in [0.1, 0.15) is 6.54 Å². The third kappa shape index (κ3) is 3.57. The minimum Gasteiger partial charge on any atom is -0.235 e. The number of rotatable bonds is 5. The summed E-state index contributed by atoms with van der Waals surface area (Å²) in [5.74, 6) is -0.0397. The molecule has 1 saturated carbocycles. The van der Waals surface area contributed by atoms with Gasteiger partial charge in [0.05, 0.1) is 0 Å². The summed E-state index contributed by atoms with van der Waals surface area (Å²) in [6.07, 6.45) is -3.15. The SMILES string of the molecule is CC(C1CC1)N(CC(F)(F)F)S(=O)(=O)c1c(Br)nnn1C. The lowest BCUT2D eigenvalue weighted by molar-refractivity contribution is -0.139. The van der Waals surface area contributed by atoms with Crippen molar-refractivity contribution in [2.24, 2.45) is 13.0 Å². The fourth-order valence-corrected chi connectivity index (χ4v) is 4.86. The number of alkyl halides is 3. The summed E-state index contributed by atoms with van der Waals surface area (Å²) in [4.78, 5) is 0. The van der Waals surface area contributed by atoms with Crippen LogP contribution in [0, 0.1) is 5.92 Å². The van der Waals surface area contributed by atoms with Crippen LogP contribution in [0.5, 0.6) is 0 Å². The molecule has 0 N–H and O–H groups in total. The van der Waals surface area contributed by atoms with Crippen molar-refractivity contribution in [2.75, 3.05) is 6.54 Å². The number of nitrogens with zero attached hydrogens (tertiary/aromatic N) is 4. The summed E-state index contributed by atoms with van der Waals surface area (Å²) >= 11 is 2.92. The molecule has 0 aliphatic heterocycles. The van der Waals surface area contributed by atoms with Crippen LogP contribution in [0.15, 0.2) is 9.63 Å². The minimum atomic E-state index is -4.62. The summed E-state index contributed by atoms with van der Waals surface area (Å²) in [5, 5.41) is 6.66. The predicted molar refractivity (Wildman–Crippen MR) is 70.8 cm³/mol. The van der Waals surface area contributed by atoms with Gasteiger partial charge in [0, 0.05) is 13.1 Å². The Morgan fingerprint density at radius 1 is 1.48 bits per heavy atom. The highest BCUT2D eigenvalue weighted by molar-refractivity contribution is 9.10. The Labute approximate surface area is 128 Å². The van der Waals surface area contributed by atoms with Gasteiger partial charge < -0.3 is 0 Å². The number of halogens is 4. The van der Waals surface area contributed by atoms with E-state index in [1.54, 1.807) is 0 Å². The Morgan fingerprint density at radius 2 is 2.05 bits per heavy atom. The van der Waals surface area contributed by atoms with Crippen molar-refractivity contribution in [2.45, 2.75) is 37.0 Å². The second-order valence-corrected chi connectivity index (χ2v) is 7.61. The maximum atomic E-state index is 12.8. The summed E-state index contributed by atoms with van der Waals surface area (Å²) in [7, 11) is -3.03. The molecule has 0 amide bonds. The third-order valence-electron chi connectivity index (χ3n) is 3.38. The molecule has 21 heavy (non-hydrogen) atoms. The summed E-state index contributed by atoms with van der Waals surface area (Å²) in [6.45, 7) is -0.0245. The highest BCUT2D eigenvalue weighted by Crippen LogP contribution is 2.38. The molecule has 1 heterocycles.